The van der Waals surface area contributed by atoms with Crippen molar-refractivity contribution in [1.82, 2.24) is 0 Å². The highest BCUT2D eigenvalue weighted by molar-refractivity contribution is 6.74. The summed E-state index contributed by atoms with van der Waals surface area (Å²) in [6.45, 7) is 11.1. The number of carbonyl (C=O) groups is 2. The summed E-state index contributed by atoms with van der Waals surface area (Å²) in [7, 11) is -2.19. The van der Waals surface area contributed by atoms with Crippen LogP contribution in [0.5, 0.6) is 0 Å². The molecule has 1 aliphatic heterocycles. The molecule has 0 unspecified atom stereocenters. The Morgan fingerprint density at radius 3 is 2.16 bits per heavy atom. The van der Waals surface area contributed by atoms with Crippen molar-refractivity contribution in [1.29, 1.82) is 0 Å². The molecule has 0 spiro atoms. The van der Waals surface area contributed by atoms with Crippen molar-refractivity contribution in [2.75, 3.05) is 0 Å². The number of ether oxygens (including phenoxy) is 1. The van der Waals surface area contributed by atoms with E-state index in [1.807, 2.05) is 30.3 Å². The molecule has 4 atom stereocenters. The first kappa shape index (κ1) is 21.5. The van der Waals surface area contributed by atoms with Crippen LogP contribution in [0.15, 0.2) is 65.7 Å². The SMILES string of the molecule is CC(C)(C)[Si](C)(C)O[C@@H](c1ccccc1)[C@@H]1C2=C(C[C@@H]3O[C@H]13)C(=O)c1ccccc1C2=O. The molecule has 3 aliphatic rings. The van der Waals surface area contributed by atoms with Gasteiger partial charge in [0.2, 0.25) is 0 Å². The Morgan fingerprint density at radius 2 is 1.53 bits per heavy atom. The maximum Gasteiger partial charge on any atom is 0.192 e. The van der Waals surface area contributed by atoms with Crippen LogP contribution in [0, 0.1) is 5.92 Å². The maximum atomic E-state index is 13.8. The molecular weight excluding hydrogens is 416 g/mol. The molecule has 2 aromatic carbocycles. The van der Waals surface area contributed by atoms with Gasteiger partial charge in [-0.25, -0.2) is 0 Å². The molecule has 0 N–H and O–H groups in total. The highest BCUT2D eigenvalue weighted by Crippen LogP contribution is 2.54. The molecule has 1 saturated heterocycles. The van der Waals surface area contributed by atoms with Gasteiger partial charge in [0.25, 0.3) is 0 Å². The minimum atomic E-state index is -2.19. The Hall–Kier alpha value is -2.34. The average Bonchev–Trinajstić information content (AvgIpc) is 3.54. The first-order valence-electron chi connectivity index (χ1n) is 11.4. The molecule has 1 fully saturated rings. The Labute approximate surface area is 190 Å². The summed E-state index contributed by atoms with van der Waals surface area (Å²) in [5, 5.41) is 0.00864. The lowest BCUT2D eigenvalue weighted by atomic mass is 9.70. The molecule has 2 aliphatic carbocycles. The second-order valence-corrected chi connectivity index (χ2v) is 15.4. The summed E-state index contributed by atoms with van der Waals surface area (Å²) in [5.41, 5.74) is 3.27. The van der Waals surface area contributed by atoms with Crippen LogP contribution in [0.25, 0.3) is 0 Å². The van der Waals surface area contributed by atoms with Gasteiger partial charge in [-0.05, 0) is 23.7 Å². The zero-order valence-electron chi connectivity index (χ0n) is 19.3. The monoisotopic (exact) mass is 446 g/mol. The van der Waals surface area contributed by atoms with Crippen LogP contribution in [0.1, 0.15) is 59.6 Å². The van der Waals surface area contributed by atoms with Crippen LogP contribution in [0.3, 0.4) is 0 Å². The van der Waals surface area contributed by atoms with Crippen molar-refractivity contribution < 1.29 is 18.8 Å². The van der Waals surface area contributed by atoms with Crippen LogP contribution < -0.4 is 0 Å². The third-order valence-corrected chi connectivity index (χ3v) is 12.1. The summed E-state index contributed by atoms with van der Waals surface area (Å²) in [6.07, 6.45) is 0.0666. The van der Waals surface area contributed by atoms with E-state index in [4.69, 9.17) is 9.16 Å². The van der Waals surface area contributed by atoms with Crippen molar-refractivity contribution in [2.45, 2.75) is 63.6 Å². The second kappa shape index (κ2) is 7.34. The standard InChI is InChI=1S/C27H30O4Si/c1-27(2,3)32(4,5)31-25(16-11-7-6-8-12-16)22-21-19(15-20-26(22)30-20)23(28)17-13-9-10-14-18(17)24(21)29/h6-14,20,22,25-26H,15H2,1-5H3/t20-,22-,25-,26-/m0/s1. The number of rotatable bonds is 4. The topological polar surface area (TPSA) is 55.9 Å². The summed E-state index contributed by atoms with van der Waals surface area (Å²) in [6, 6.07) is 17.3. The first-order valence-corrected chi connectivity index (χ1v) is 14.3. The molecule has 0 saturated carbocycles. The quantitative estimate of drug-likeness (QED) is 0.433. The molecule has 5 heteroatoms. The van der Waals surface area contributed by atoms with Gasteiger partial charge in [0.05, 0.1) is 18.3 Å². The van der Waals surface area contributed by atoms with Gasteiger partial charge in [-0.2, -0.15) is 0 Å². The van der Waals surface area contributed by atoms with E-state index in [9.17, 15) is 9.59 Å². The molecule has 0 aromatic heterocycles. The number of fused-ring (bicyclic) bond motifs is 2. The molecule has 4 nitrogen and oxygen atoms in total. The number of carbonyl (C=O) groups excluding carboxylic acids is 2. The van der Waals surface area contributed by atoms with Crippen molar-refractivity contribution in [3.63, 3.8) is 0 Å². The highest BCUT2D eigenvalue weighted by atomic mass is 28.4. The second-order valence-electron chi connectivity index (χ2n) is 10.7. The summed E-state index contributed by atoms with van der Waals surface area (Å²) < 4.78 is 13.1. The Balaban J connectivity index is 1.65. The van der Waals surface area contributed by atoms with Crippen LogP contribution in [-0.2, 0) is 9.16 Å². The number of hydrogen-bond donors (Lipinski definition) is 0. The fraction of sp³-hybridized carbons (Fsp3) is 0.407. The van der Waals surface area contributed by atoms with Crippen LogP contribution in [-0.4, -0.2) is 32.1 Å². The Morgan fingerprint density at radius 1 is 0.938 bits per heavy atom. The minimum absolute atomic E-state index is 0.00864. The lowest BCUT2D eigenvalue weighted by Crippen LogP contribution is -2.45. The normalized spacial score (nSPS) is 25.7. The minimum Gasteiger partial charge on any atom is -0.409 e. The van der Waals surface area contributed by atoms with Crippen molar-refractivity contribution >= 4 is 19.9 Å². The molecule has 1 heterocycles. The molecule has 2 aromatic rings. The average molecular weight is 447 g/mol. The van der Waals surface area contributed by atoms with Crippen molar-refractivity contribution in [3.8, 4) is 0 Å². The smallest absolute Gasteiger partial charge is 0.192 e. The van der Waals surface area contributed by atoms with Crippen LogP contribution in [0.4, 0.5) is 0 Å². The van der Waals surface area contributed by atoms with E-state index < -0.39 is 8.32 Å². The van der Waals surface area contributed by atoms with Gasteiger partial charge in [0.15, 0.2) is 19.9 Å². The Bertz CT molecular complexity index is 1130. The summed E-state index contributed by atoms with van der Waals surface area (Å²) in [5.74, 6) is -0.368. The lowest BCUT2D eigenvalue weighted by Gasteiger charge is -2.43. The van der Waals surface area contributed by atoms with Gasteiger partial charge in [0, 0.05) is 34.6 Å². The predicted molar refractivity (Wildman–Crippen MR) is 126 cm³/mol. The third-order valence-electron chi connectivity index (χ3n) is 7.66. The van der Waals surface area contributed by atoms with E-state index in [-0.39, 0.29) is 40.8 Å². The van der Waals surface area contributed by atoms with Crippen LogP contribution >= 0.6 is 0 Å². The fourth-order valence-electron chi connectivity index (χ4n) is 4.81. The Kier molecular flexibility index (Phi) is 4.93. The molecule has 166 valence electrons. The molecule has 5 rings (SSSR count). The highest BCUT2D eigenvalue weighted by Gasteiger charge is 2.58. The van der Waals surface area contributed by atoms with E-state index in [1.54, 1.807) is 12.1 Å². The fourth-order valence-corrected chi connectivity index (χ4v) is 6.08. The largest absolute Gasteiger partial charge is 0.409 e. The maximum absolute atomic E-state index is 13.8. The lowest BCUT2D eigenvalue weighted by molar-refractivity contribution is 0.0874. The first-order chi connectivity index (χ1) is 15.1. The number of hydrogen-bond acceptors (Lipinski definition) is 4. The van der Waals surface area contributed by atoms with E-state index in [2.05, 4.69) is 46.0 Å². The van der Waals surface area contributed by atoms with Gasteiger partial charge in [-0.3, -0.25) is 9.59 Å². The number of Topliss-reactive ketones (excluding diaryl/α,β-unsaturated/α-hetero) is 2. The zero-order chi connectivity index (χ0) is 22.8. The number of benzene rings is 2. The van der Waals surface area contributed by atoms with E-state index in [0.29, 0.717) is 28.7 Å². The van der Waals surface area contributed by atoms with Gasteiger partial charge >= 0.3 is 0 Å². The number of epoxide rings is 1. The van der Waals surface area contributed by atoms with Gasteiger partial charge in [0.1, 0.15) is 0 Å². The van der Waals surface area contributed by atoms with E-state index in [1.165, 1.54) is 0 Å². The predicted octanol–water partition coefficient (Wildman–Crippen LogP) is 5.91. The summed E-state index contributed by atoms with van der Waals surface area (Å²) >= 11 is 0. The van der Waals surface area contributed by atoms with Gasteiger partial charge < -0.3 is 9.16 Å². The zero-order valence-corrected chi connectivity index (χ0v) is 20.3. The van der Waals surface area contributed by atoms with Gasteiger partial charge in [-0.1, -0.05) is 75.4 Å². The van der Waals surface area contributed by atoms with E-state index >= 15 is 0 Å². The summed E-state index contributed by atoms with van der Waals surface area (Å²) in [4.78, 5) is 27.2. The molecule has 0 amide bonds. The molecule has 0 radical (unpaired) electrons. The molecule has 32 heavy (non-hydrogen) atoms. The molecule has 0 bridgehead atoms. The van der Waals surface area contributed by atoms with E-state index in [0.717, 1.165) is 5.56 Å². The van der Waals surface area contributed by atoms with Crippen molar-refractivity contribution in [2.24, 2.45) is 5.92 Å². The van der Waals surface area contributed by atoms with Crippen LogP contribution in [0.2, 0.25) is 18.1 Å². The van der Waals surface area contributed by atoms with Gasteiger partial charge in [-0.15, -0.1) is 0 Å². The number of ketones is 2. The third kappa shape index (κ3) is 3.34. The van der Waals surface area contributed by atoms with Crippen molar-refractivity contribution in [3.05, 3.63) is 82.4 Å². The molecular formula is C27H30O4Si.